The lowest BCUT2D eigenvalue weighted by Crippen LogP contribution is -2.16. The summed E-state index contributed by atoms with van der Waals surface area (Å²) in [5.41, 5.74) is 2.68. The van der Waals surface area contributed by atoms with Crippen molar-refractivity contribution in [3.63, 3.8) is 0 Å². The lowest BCUT2D eigenvalue weighted by Gasteiger charge is -2.10. The quantitative estimate of drug-likeness (QED) is 0.736. The molecule has 0 heterocycles. The van der Waals surface area contributed by atoms with E-state index in [2.05, 4.69) is 4.74 Å². The highest BCUT2D eigenvalue weighted by Gasteiger charge is 2.30. The van der Waals surface area contributed by atoms with E-state index in [0.29, 0.717) is 5.02 Å². The summed E-state index contributed by atoms with van der Waals surface area (Å²) in [6.45, 7) is 1.89. The van der Waals surface area contributed by atoms with Crippen molar-refractivity contribution in [2.45, 2.75) is 13.3 Å². The number of ether oxygens (including phenoxy) is 1. The van der Waals surface area contributed by atoms with Crippen molar-refractivity contribution in [3.05, 3.63) is 53.1 Å². The van der Waals surface area contributed by atoms with Gasteiger partial charge in [-0.2, -0.15) is 0 Å². The average Bonchev–Trinajstić information content (AvgIpc) is 2.28. The maximum absolute atomic E-state index is 12.0. The van der Waals surface area contributed by atoms with Gasteiger partial charge in [0.1, 0.15) is 5.75 Å². The summed E-state index contributed by atoms with van der Waals surface area (Å²) in [4.78, 5) is 0. The van der Waals surface area contributed by atoms with Gasteiger partial charge in [0.15, 0.2) is 0 Å². The molecule has 0 aliphatic rings. The standard InChI is InChI=1S/C14H10ClF3O/c1-9-8-11(15)4-7-13(9)10-2-5-12(6-3-10)19-14(16,17)18/h2-8H,1H3. The molecule has 2 rings (SSSR count). The Morgan fingerprint density at radius 2 is 1.63 bits per heavy atom. The molecule has 0 N–H and O–H groups in total. The van der Waals surface area contributed by atoms with Gasteiger partial charge in [-0.3, -0.25) is 0 Å². The van der Waals surface area contributed by atoms with E-state index in [9.17, 15) is 13.2 Å². The molecule has 0 aromatic heterocycles. The van der Waals surface area contributed by atoms with E-state index < -0.39 is 6.36 Å². The van der Waals surface area contributed by atoms with Crippen LogP contribution in [-0.4, -0.2) is 6.36 Å². The third-order valence-corrected chi connectivity index (χ3v) is 2.82. The molecule has 0 amide bonds. The minimum Gasteiger partial charge on any atom is -0.406 e. The predicted molar refractivity (Wildman–Crippen MR) is 68.3 cm³/mol. The zero-order valence-electron chi connectivity index (χ0n) is 9.96. The Kier molecular flexibility index (Phi) is 3.71. The zero-order chi connectivity index (χ0) is 14.0. The second kappa shape index (κ2) is 5.13. The summed E-state index contributed by atoms with van der Waals surface area (Å²) in [5, 5.41) is 0.623. The van der Waals surface area contributed by atoms with Gasteiger partial charge in [0, 0.05) is 5.02 Å². The molecule has 0 bridgehead atoms. The van der Waals surface area contributed by atoms with E-state index in [1.807, 2.05) is 13.0 Å². The fraction of sp³-hybridized carbons (Fsp3) is 0.143. The Hall–Kier alpha value is -1.68. The number of alkyl halides is 3. The van der Waals surface area contributed by atoms with E-state index in [4.69, 9.17) is 11.6 Å². The van der Waals surface area contributed by atoms with E-state index in [1.54, 1.807) is 24.3 Å². The van der Waals surface area contributed by atoms with E-state index in [1.165, 1.54) is 12.1 Å². The first-order chi connectivity index (χ1) is 8.85. The van der Waals surface area contributed by atoms with Crippen molar-refractivity contribution in [1.29, 1.82) is 0 Å². The van der Waals surface area contributed by atoms with Crippen LogP contribution >= 0.6 is 11.6 Å². The van der Waals surface area contributed by atoms with Crippen LogP contribution in [0.3, 0.4) is 0 Å². The molecule has 0 saturated heterocycles. The second-order valence-electron chi connectivity index (χ2n) is 4.03. The molecule has 0 aliphatic heterocycles. The summed E-state index contributed by atoms with van der Waals surface area (Å²) < 4.78 is 39.9. The van der Waals surface area contributed by atoms with Crippen LogP contribution in [0.15, 0.2) is 42.5 Å². The predicted octanol–water partition coefficient (Wildman–Crippen LogP) is 5.21. The normalized spacial score (nSPS) is 11.4. The van der Waals surface area contributed by atoms with Gasteiger partial charge in [0.05, 0.1) is 0 Å². The molecule has 19 heavy (non-hydrogen) atoms. The molecule has 0 radical (unpaired) electrons. The Morgan fingerprint density at radius 1 is 1.00 bits per heavy atom. The molecule has 0 aliphatic carbocycles. The number of aryl methyl sites for hydroxylation is 1. The SMILES string of the molecule is Cc1cc(Cl)ccc1-c1ccc(OC(F)(F)F)cc1. The van der Waals surface area contributed by atoms with Crippen LogP contribution in [0, 0.1) is 6.92 Å². The van der Waals surface area contributed by atoms with E-state index in [0.717, 1.165) is 16.7 Å². The van der Waals surface area contributed by atoms with Crippen LogP contribution in [-0.2, 0) is 0 Å². The topological polar surface area (TPSA) is 9.23 Å². The molecule has 0 spiro atoms. The lowest BCUT2D eigenvalue weighted by molar-refractivity contribution is -0.274. The number of hydrogen-bond acceptors (Lipinski definition) is 1. The van der Waals surface area contributed by atoms with Crippen LogP contribution in [0.2, 0.25) is 5.02 Å². The van der Waals surface area contributed by atoms with Gasteiger partial charge in [-0.05, 0) is 47.9 Å². The maximum Gasteiger partial charge on any atom is 0.573 e. The fourth-order valence-corrected chi connectivity index (χ4v) is 2.01. The van der Waals surface area contributed by atoms with Crippen molar-refractivity contribution in [3.8, 4) is 16.9 Å². The number of halogens is 4. The fourth-order valence-electron chi connectivity index (χ4n) is 1.79. The molecular formula is C14H10ClF3O. The van der Waals surface area contributed by atoms with Crippen molar-refractivity contribution < 1.29 is 17.9 Å². The minimum atomic E-state index is -4.67. The summed E-state index contributed by atoms with van der Waals surface area (Å²) >= 11 is 5.86. The summed E-state index contributed by atoms with van der Waals surface area (Å²) in [5.74, 6) is -0.233. The van der Waals surface area contributed by atoms with Gasteiger partial charge in [-0.15, -0.1) is 13.2 Å². The molecule has 0 atom stereocenters. The molecule has 2 aromatic rings. The third kappa shape index (κ3) is 3.64. The monoisotopic (exact) mass is 286 g/mol. The first kappa shape index (κ1) is 13.7. The molecule has 0 fully saturated rings. The smallest absolute Gasteiger partial charge is 0.406 e. The molecule has 5 heteroatoms. The first-order valence-corrected chi connectivity index (χ1v) is 5.85. The number of benzene rings is 2. The van der Waals surface area contributed by atoms with Gasteiger partial charge < -0.3 is 4.74 Å². The first-order valence-electron chi connectivity index (χ1n) is 5.47. The zero-order valence-corrected chi connectivity index (χ0v) is 10.7. The molecule has 1 nitrogen and oxygen atoms in total. The van der Waals surface area contributed by atoms with Gasteiger partial charge >= 0.3 is 6.36 Å². The minimum absolute atomic E-state index is 0.233. The van der Waals surface area contributed by atoms with Crippen LogP contribution in [0.4, 0.5) is 13.2 Å². The van der Waals surface area contributed by atoms with Crippen molar-refractivity contribution in [2.24, 2.45) is 0 Å². The highest BCUT2D eigenvalue weighted by Crippen LogP contribution is 2.29. The average molecular weight is 287 g/mol. The van der Waals surface area contributed by atoms with Crippen LogP contribution in [0.1, 0.15) is 5.56 Å². The van der Waals surface area contributed by atoms with Crippen molar-refractivity contribution in [2.75, 3.05) is 0 Å². The molecular weight excluding hydrogens is 277 g/mol. The highest BCUT2D eigenvalue weighted by atomic mass is 35.5. The number of rotatable bonds is 2. The largest absolute Gasteiger partial charge is 0.573 e. The summed E-state index contributed by atoms with van der Waals surface area (Å²) in [7, 11) is 0. The van der Waals surface area contributed by atoms with Crippen LogP contribution < -0.4 is 4.74 Å². The molecule has 100 valence electrons. The van der Waals surface area contributed by atoms with Gasteiger partial charge in [-0.1, -0.05) is 29.8 Å². The van der Waals surface area contributed by atoms with Gasteiger partial charge in [-0.25, -0.2) is 0 Å². The van der Waals surface area contributed by atoms with E-state index >= 15 is 0 Å². The molecule has 0 unspecified atom stereocenters. The Labute approximate surface area is 113 Å². The highest BCUT2D eigenvalue weighted by molar-refractivity contribution is 6.30. The third-order valence-electron chi connectivity index (χ3n) is 2.59. The summed E-state index contributed by atoms with van der Waals surface area (Å²) in [6.07, 6.45) is -4.67. The lowest BCUT2D eigenvalue weighted by atomic mass is 10.0. The second-order valence-corrected chi connectivity index (χ2v) is 4.47. The Balaban J connectivity index is 2.27. The van der Waals surface area contributed by atoms with Crippen LogP contribution in [0.25, 0.3) is 11.1 Å². The van der Waals surface area contributed by atoms with Gasteiger partial charge in [0.25, 0.3) is 0 Å². The molecule has 2 aromatic carbocycles. The summed E-state index contributed by atoms with van der Waals surface area (Å²) in [6, 6.07) is 11.1. The Bertz CT molecular complexity index is 576. The maximum atomic E-state index is 12.0. The van der Waals surface area contributed by atoms with E-state index in [-0.39, 0.29) is 5.75 Å². The Morgan fingerprint density at radius 3 is 2.16 bits per heavy atom. The number of hydrogen-bond donors (Lipinski definition) is 0. The molecule has 0 saturated carbocycles. The van der Waals surface area contributed by atoms with Crippen molar-refractivity contribution in [1.82, 2.24) is 0 Å². The van der Waals surface area contributed by atoms with Crippen LogP contribution in [0.5, 0.6) is 5.75 Å². The van der Waals surface area contributed by atoms with Gasteiger partial charge in [0.2, 0.25) is 0 Å². The van der Waals surface area contributed by atoms with Crippen molar-refractivity contribution >= 4 is 11.6 Å².